The van der Waals surface area contributed by atoms with Crippen LogP contribution in [0.1, 0.15) is 31.7 Å². The Bertz CT molecular complexity index is 605. The van der Waals surface area contributed by atoms with Crippen molar-refractivity contribution in [3.63, 3.8) is 0 Å². The van der Waals surface area contributed by atoms with Gasteiger partial charge in [-0.15, -0.1) is 0 Å². The Kier molecular flexibility index (Phi) is 6.17. The van der Waals surface area contributed by atoms with E-state index in [1.165, 1.54) is 6.07 Å². The van der Waals surface area contributed by atoms with Crippen molar-refractivity contribution in [1.29, 1.82) is 5.41 Å². The minimum Gasteiger partial charge on any atom is -0.346 e. The summed E-state index contributed by atoms with van der Waals surface area (Å²) in [5.41, 5.74) is 1.04. The molecule has 1 fully saturated rings. The second-order valence-corrected chi connectivity index (χ2v) is 6.48. The summed E-state index contributed by atoms with van der Waals surface area (Å²) >= 11 is 0. The molecule has 1 aliphatic heterocycles. The monoisotopic (exact) mass is 334 g/mol. The van der Waals surface area contributed by atoms with Crippen LogP contribution in [0.2, 0.25) is 0 Å². The molecule has 0 aromatic heterocycles. The highest BCUT2D eigenvalue weighted by Gasteiger charge is 2.28. The number of rotatable bonds is 4. The van der Waals surface area contributed by atoms with Gasteiger partial charge in [0.25, 0.3) is 0 Å². The summed E-state index contributed by atoms with van der Waals surface area (Å²) in [6.45, 7) is 5.94. The smallest absolute Gasteiger partial charge is 0.229 e. The van der Waals surface area contributed by atoms with Gasteiger partial charge in [-0.2, -0.15) is 0 Å². The second-order valence-electron chi connectivity index (χ2n) is 6.48. The van der Waals surface area contributed by atoms with Crippen LogP contribution in [-0.4, -0.2) is 48.3 Å². The van der Waals surface area contributed by atoms with Crippen LogP contribution < -0.4 is 5.32 Å². The summed E-state index contributed by atoms with van der Waals surface area (Å²) in [6, 6.07) is 4.73. The van der Waals surface area contributed by atoms with Crippen LogP contribution in [-0.2, 0) is 4.79 Å². The third kappa shape index (κ3) is 4.46. The largest absolute Gasteiger partial charge is 0.346 e. The Balaban J connectivity index is 1.97. The summed E-state index contributed by atoms with van der Waals surface area (Å²) in [7, 11) is 1.91. The molecule has 1 aromatic carbocycles. The molecule has 24 heavy (non-hydrogen) atoms. The number of nitrogens with zero attached hydrogens (tertiary/aromatic N) is 2. The van der Waals surface area contributed by atoms with Crippen LogP contribution in [0, 0.1) is 24.1 Å². The molecule has 132 valence electrons. The molecule has 0 saturated carbocycles. The lowest BCUT2D eigenvalue weighted by atomic mass is 9.97. The first-order chi connectivity index (χ1) is 11.4. The quantitative estimate of drug-likeness (QED) is 0.657. The number of hydrogen-bond donors (Lipinski definition) is 2. The molecule has 1 atom stereocenters. The van der Waals surface area contributed by atoms with E-state index in [1.54, 1.807) is 19.1 Å². The van der Waals surface area contributed by atoms with E-state index in [0.29, 0.717) is 23.8 Å². The molecule has 5 nitrogen and oxygen atoms in total. The van der Waals surface area contributed by atoms with Crippen LogP contribution >= 0.6 is 0 Å². The van der Waals surface area contributed by atoms with E-state index >= 15 is 0 Å². The average Bonchev–Trinajstić information content (AvgIpc) is 2.57. The molecular formula is C18H27FN4O. The summed E-state index contributed by atoms with van der Waals surface area (Å²) < 4.78 is 13.6. The first kappa shape index (κ1) is 18.2. The number of nitrogens with one attached hydrogen (secondary N) is 2. The Labute approximate surface area is 143 Å². The SMILES string of the molecule is CCCN(C)C(=N)N1CCC[C@H](C(=O)Nc2ccc(C)c(F)c2)C1. The van der Waals surface area contributed by atoms with E-state index in [1.807, 2.05) is 16.8 Å². The molecule has 6 heteroatoms. The number of likely N-dealkylation sites (tertiary alicyclic amines) is 1. The van der Waals surface area contributed by atoms with E-state index in [4.69, 9.17) is 5.41 Å². The Morgan fingerprint density at radius 2 is 2.25 bits per heavy atom. The summed E-state index contributed by atoms with van der Waals surface area (Å²) in [5.74, 6) is -0.135. The average molecular weight is 334 g/mol. The first-order valence-corrected chi connectivity index (χ1v) is 8.54. The predicted octanol–water partition coefficient (Wildman–Crippen LogP) is 3.06. The lowest BCUT2D eigenvalue weighted by Gasteiger charge is -2.36. The molecule has 1 amide bonds. The van der Waals surface area contributed by atoms with Gasteiger partial charge in [0.05, 0.1) is 5.92 Å². The van der Waals surface area contributed by atoms with Crippen molar-refractivity contribution >= 4 is 17.6 Å². The molecule has 0 unspecified atom stereocenters. The highest BCUT2D eigenvalue weighted by atomic mass is 19.1. The Hall–Kier alpha value is -2.11. The number of aryl methyl sites for hydroxylation is 1. The molecule has 2 rings (SSSR count). The van der Waals surface area contributed by atoms with Gasteiger partial charge in [-0.1, -0.05) is 13.0 Å². The zero-order valence-electron chi connectivity index (χ0n) is 14.7. The summed E-state index contributed by atoms with van der Waals surface area (Å²) in [4.78, 5) is 16.4. The zero-order valence-corrected chi connectivity index (χ0v) is 14.7. The minimum atomic E-state index is -0.318. The van der Waals surface area contributed by atoms with Gasteiger partial charge in [-0.25, -0.2) is 4.39 Å². The maximum Gasteiger partial charge on any atom is 0.229 e. The number of benzene rings is 1. The van der Waals surface area contributed by atoms with Gasteiger partial charge in [-0.3, -0.25) is 10.2 Å². The number of anilines is 1. The number of carbonyl (C=O) groups excluding carboxylic acids is 1. The molecule has 1 saturated heterocycles. The van der Waals surface area contributed by atoms with Gasteiger partial charge < -0.3 is 15.1 Å². The van der Waals surface area contributed by atoms with Gasteiger partial charge in [0.15, 0.2) is 5.96 Å². The van der Waals surface area contributed by atoms with Crippen molar-refractivity contribution in [3.8, 4) is 0 Å². The van der Waals surface area contributed by atoms with Gasteiger partial charge in [0.2, 0.25) is 5.91 Å². The highest BCUT2D eigenvalue weighted by molar-refractivity contribution is 5.93. The zero-order chi connectivity index (χ0) is 17.7. The fraction of sp³-hybridized carbons (Fsp3) is 0.556. The van der Waals surface area contributed by atoms with Crippen LogP contribution in [0.15, 0.2) is 18.2 Å². The maximum absolute atomic E-state index is 13.6. The molecule has 0 aliphatic carbocycles. The normalized spacial score (nSPS) is 17.5. The molecule has 2 N–H and O–H groups in total. The number of piperidine rings is 1. The van der Waals surface area contributed by atoms with Crippen molar-refractivity contribution in [2.75, 3.05) is 32.0 Å². The lowest BCUT2D eigenvalue weighted by Crippen LogP contribution is -2.49. The van der Waals surface area contributed by atoms with Crippen molar-refractivity contribution in [3.05, 3.63) is 29.6 Å². The second kappa shape index (κ2) is 8.13. The molecule has 0 spiro atoms. The topological polar surface area (TPSA) is 59.4 Å². The molecule has 0 bridgehead atoms. The summed E-state index contributed by atoms with van der Waals surface area (Å²) in [6.07, 6.45) is 2.65. The minimum absolute atomic E-state index is 0.103. The lowest BCUT2D eigenvalue weighted by molar-refractivity contribution is -0.121. The number of halogens is 1. The fourth-order valence-corrected chi connectivity index (χ4v) is 2.98. The van der Waals surface area contributed by atoms with Crippen molar-refractivity contribution < 1.29 is 9.18 Å². The van der Waals surface area contributed by atoms with E-state index < -0.39 is 0 Å². The molecule has 1 heterocycles. The standard InChI is InChI=1S/C18H27FN4O/c1-4-9-22(3)18(20)23-10-5-6-14(12-23)17(24)21-15-8-7-13(2)16(19)11-15/h7-8,11,14,20H,4-6,9-10,12H2,1-3H3,(H,21,24)/t14-/m0/s1. The highest BCUT2D eigenvalue weighted by Crippen LogP contribution is 2.20. The third-order valence-corrected chi connectivity index (χ3v) is 4.45. The Morgan fingerprint density at radius 3 is 2.92 bits per heavy atom. The van der Waals surface area contributed by atoms with Gasteiger partial charge in [0, 0.05) is 32.4 Å². The van der Waals surface area contributed by atoms with Gasteiger partial charge in [-0.05, 0) is 43.9 Å². The summed E-state index contributed by atoms with van der Waals surface area (Å²) in [5, 5.41) is 11.1. The maximum atomic E-state index is 13.6. The van der Waals surface area contributed by atoms with Crippen molar-refractivity contribution in [2.45, 2.75) is 33.1 Å². The van der Waals surface area contributed by atoms with Crippen molar-refractivity contribution in [1.82, 2.24) is 9.80 Å². The van der Waals surface area contributed by atoms with Crippen LogP contribution in [0.3, 0.4) is 0 Å². The number of amides is 1. The first-order valence-electron chi connectivity index (χ1n) is 8.54. The molecule has 0 radical (unpaired) electrons. The fourth-order valence-electron chi connectivity index (χ4n) is 2.98. The molecule has 1 aromatic rings. The van der Waals surface area contributed by atoms with Crippen molar-refractivity contribution in [2.24, 2.45) is 5.92 Å². The number of guanidine groups is 1. The number of carbonyl (C=O) groups is 1. The van der Waals surface area contributed by atoms with E-state index in [9.17, 15) is 9.18 Å². The number of hydrogen-bond acceptors (Lipinski definition) is 2. The molecular weight excluding hydrogens is 307 g/mol. The van der Waals surface area contributed by atoms with E-state index in [-0.39, 0.29) is 17.6 Å². The Morgan fingerprint density at radius 1 is 1.50 bits per heavy atom. The van der Waals surface area contributed by atoms with Crippen LogP contribution in [0.5, 0.6) is 0 Å². The molecule has 1 aliphatic rings. The van der Waals surface area contributed by atoms with Crippen LogP contribution in [0.4, 0.5) is 10.1 Å². The van der Waals surface area contributed by atoms with E-state index in [0.717, 1.165) is 32.4 Å². The van der Waals surface area contributed by atoms with Gasteiger partial charge in [0.1, 0.15) is 5.82 Å². The van der Waals surface area contributed by atoms with E-state index in [2.05, 4.69) is 12.2 Å². The van der Waals surface area contributed by atoms with Crippen LogP contribution in [0.25, 0.3) is 0 Å². The van der Waals surface area contributed by atoms with Gasteiger partial charge >= 0.3 is 0 Å². The predicted molar refractivity (Wildman–Crippen MR) is 94.7 cm³/mol. The third-order valence-electron chi connectivity index (χ3n) is 4.45.